The van der Waals surface area contributed by atoms with Gasteiger partial charge in [0, 0.05) is 0 Å². The Morgan fingerprint density at radius 3 is 1.57 bits per heavy atom. The second-order valence-corrected chi connectivity index (χ2v) is 5.59. The van der Waals surface area contributed by atoms with Crippen LogP contribution < -0.4 is 10.6 Å². The van der Waals surface area contributed by atoms with E-state index >= 15 is 0 Å². The summed E-state index contributed by atoms with van der Waals surface area (Å²) >= 11 is 0. The van der Waals surface area contributed by atoms with Gasteiger partial charge in [0.1, 0.15) is 6.33 Å². The molecule has 0 saturated heterocycles. The van der Waals surface area contributed by atoms with E-state index in [1.54, 1.807) is 0 Å². The molecule has 0 spiro atoms. The maximum absolute atomic E-state index is 4.44. The van der Waals surface area contributed by atoms with Crippen molar-refractivity contribution in [3.63, 3.8) is 0 Å². The number of H-pyrrole nitrogens is 2. The third kappa shape index (κ3) is 3.58. The van der Waals surface area contributed by atoms with Gasteiger partial charge < -0.3 is 9.97 Å². The van der Waals surface area contributed by atoms with Gasteiger partial charge in [0.15, 0.2) is 0 Å². The molecule has 9 nitrogen and oxygen atoms in total. The lowest BCUT2D eigenvalue weighted by Gasteiger charge is -2.03. The first kappa shape index (κ1) is 17.4. The fourth-order valence-electron chi connectivity index (χ4n) is 2.65. The Bertz CT molecular complexity index is 1050. The van der Waals surface area contributed by atoms with Crippen LogP contribution >= 0.6 is 0 Å². The summed E-state index contributed by atoms with van der Waals surface area (Å²) in [6, 6.07) is 15.5. The topological polar surface area (TPSA) is 120 Å². The fourth-order valence-corrected chi connectivity index (χ4v) is 2.65. The van der Waals surface area contributed by atoms with E-state index in [1.165, 1.54) is 6.33 Å². The van der Waals surface area contributed by atoms with E-state index in [0.717, 1.165) is 22.1 Å². The van der Waals surface area contributed by atoms with E-state index in [-0.39, 0.29) is 0 Å². The molecule has 5 aromatic rings. The van der Waals surface area contributed by atoms with Crippen molar-refractivity contribution in [2.45, 2.75) is 13.8 Å². The van der Waals surface area contributed by atoms with Crippen molar-refractivity contribution in [3.8, 4) is 0 Å². The first-order valence-electron chi connectivity index (χ1n) is 8.96. The van der Waals surface area contributed by atoms with E-state index in [0.29, 0.717) is 23.8 Å². The number of nitrogens with zero attached hydrogens (tertiary/aromatic N) is 5. The molecule has 0 aliphatic heterocycles. The molecule has 0 atom stereocenters. The van der Waals surface area contributed by atoms with Gasteiger partial charge >= 0.3 is 0 Å². The minimum atomic E-state index is 0.373. The van der Waals surface area contributed by atoms with Crippen molar-refractivity contribution in [2.75, 3.05) is 10.6 Å². The van der Waals surface area contributed by atoms with Crippen molar-refractivity contribution in [1.82, 2.24) is 34.9 Å². The molecule has 3 aromatic heterocycles. The summed E-state index contributed by atoms with van der Waals surface area (Å²) in [6.07, 6.45) is 1.42. The molecular weight excluding hydrogens is 354 g/mol. The molecule has 0 aliphatic rings. The Labute approximate surface area is 160 Å². The molecule has 0 fully saturated rings. The van der Waals surface area contributed by atoms with Gasteiger partial charge in [-0.3, -0.25) is 10.6 Å². The molecular formula is C19H19N9. The molecule has 2 aromatic carbocycles. The summed E-state index contributed by atoms with van der Waals surface area (Å²) in [5.74, 6) is 1.87. The van der Waals surface area contributed by atoms with Crippen molar-refractivity contribution >= 4 is 45.9 Å². The lowest BCUT2D eigenvalue weighted by molar-refractivity contribution is 1.04. The molecule has 0 radical (unpaired) electrons. The highest BCUT2D eigenvalue weighted by molar-refractivity contribution is 5.78. The second-order valence-electron chi connectivity index (χ2n) is 5.59. The number of imidazole rings is 2. The summed E-state index contributed by atoms with van der Waals surface area (Å²) in [5, 5.41) is 6.09. The average Bonchev–Trinajstić information content (AvgIpc) is 3.32. The molecule has 28 heavy (non-hydrogen) atoms. The highest BCUT2D eigenvalue weighted by atomic mass is 15.3. The quantitative estimate of drug-likeness (QED) is 0.374. The lowest BCUT2D eigenvalue weighted by Crippen LogP contribution is -2.04. The number of rotatable bonds is 4. The molecule has 0 saturated carbocycles. The monoisotopic (exact) mass is 373 g/mol. The SMILES string of the molecule is CC.c1ccc2[nH]c(Nc3ncnc(Nc4nc5ccccc5[nH]4)n3)nc2c1. The zero-order valence-electron chi connectivity index (χ0n) is 15.4. The van der Waals surface area contributed by atoms with Crippen LogP contribution in [-0.2, 0) is 0 Å². The zero-order valence-corrected chi connectivity index (χ0v) is 15.4. The number of hydrogen-bond donors (Lipinski definition) is 4. The molecule has 140 valence electrons. The van der Waals surface area contributed by atoms with Gasteiger partial charge in [0.25, 0.3) is 0 Å². The smallest absolute Gasteiger partial charge is 0.234 e. The third-order valence-electron chi connectivity index (χ3n) is 3.81. The standard InChI is InChI=1S/C17H13N9.C2H6/c1-2-6-11-10(5-1)20-16(21-11)25-14-18-9-19-15(24-14)26-17-22-12-7-3-4-8-13(12)23-17;1-2/h1-9H,(H4,18,19,20,21,22,23,24,25,26);1-2H3. The van der Waals surface area contributed by atoms with Crippen LogP contribution in [-0.4, -0.2) is 34.9 Å². The molecule has 0 unspecified atom stereocenters. The van der Waals surface area contributed by atoms with Crippen LogP contribution in [0, 0.1) is 0 Å². The van der Waals surface area contributed by atoms with Gasteiger partial charge in [-0.05, 0) is 24.3 Å². The van der Waals surface area contributed by atoms with Crippen molar-refractivity contribution in [2.24, 2.45) is 0 Å². The minimum Gasteiger partial charge on any atom is -0.324 e. The van der Waals surface area contributed by atoms with E-state index < -0.39 is 0 Å². The maximum Gasteiger partial charge on any atom is 0.234 e. The van der Waals surface area contributed by atoms with Crippen molar-refractivity contribution in [3.05, 3.63) is 54.9 Å². The normalized spacial score (nSPS) is 10.5. The Kier molecular flexibility index (Phi) is 4.79. The zero-order chi connectivity index (χ0) is 19.3. The number of para-hydroxylation sites is 4. The van der Waals surface area contributed by atoms with Crippen LogP contribution in [0.25, 0.3) is 22.1 Å². The molecule has 0 amide bonds. The van der Waals surface area contributed by atoms with Crippen LogP contribution in [0.2, 0.25) is 0 Å². The average molecular weight is 373 g/mol. The number of fused-ring (bicyclic) bond motifs is 2. The molecule has 3 heterocycles. The first-order valence-corrected chi connectivity index (χ1v) is 8.96. The van der Waals surface area contributed by atoms with Crippen LogP contribution in [0.4, 0.5) is 23.8 Å². The number of anilines is 4. The van der Waals surface area contributed by atoms with Crippen molar-refractivity contribution in [1.29, 1.82) is 0 Å². The number of hydrogen-bond acceptors (Lipinski definition) is 7. The highest BCUT2D eigenvalue weighted by Gasteiger charge is 2.07. The first-order chi connectivity index (χ1) is 13.8. The molecule has 5 rings (SSSR count). The number of aromatic amines is 2. The van der Waals surface area contributed by atoms with Crippen LogP contribution in [0.5, 0.6) is 0 Å². The van der Waals surface area contributed by atoms with E-state index in [1.807, 2.05) is 62.4 Å². The number of aromatic nitrogens is 7. The lowest BCUT2D eigenvalue weighted by atomic mass is 10.3. The summed E-state index contributed by atoms with van der Waals surface area (Å²) in [4.78, 5) is 27.8. The van der Waals surface area contributed by atoms with Crippen LogP contribution in [0.3, 0.4) is 0 Å². The van der Waals surface area contributed by atoms with E-state index in [9.17, 15) is 0 Å². The summed E-state index contributed by atoms with van der Waals surface area (Å²) in [6.45, 7) is 4.00. The molecule has 0 bridgehead atoms. The maximum atomic E-state index is 4.44. The van der Waals surface area contributed by atoms with Crippen LogP contribution in [0.15, 0.2) is 54.9 Å². The molecule has 9 heteroatoms. The predicted molar refractivity (Wildman–Crippen MR) is 110 cm³/mol. The van der Waals surface area contributed by atoms with Crippen molar-refractivity contribution < 1.29 is 0 Å². The third-order valence-corrected chi connectivity index (χ3v) is 3.81. The highest BCUT2D eigenvalue weighted by Crippen LogP contribution is 2.18. The molecule has 4 N–H and O–H groups in total. The Morgan fingerprint density at radius 1 is 0.643 bits per heavy atom. The van der Waals surface area contributed by atoms with E-state index in [2.05, 4.69) is 45.5 Å². The van der Waals surface area contributed by atoms with E-state index in [4.69, 9.17) is 0 Å². The van der Waals surface area contributed by atoms with Gasteiger partial charge in [0.2, 0.25) is 23.8 Å². The summed E-state index contributed by atoms with van der Waals surface area (Å²) in [5.41, 5.74) is 3.60. The Hall–Kier alpha value is -4.01. The Balaban J connectivity index is 0.000000932. The fraction of sp³-hybridized carbons (Fsp3) is 0.105. The number of nitrogens with one attached hydrogen (secondary N) is 4. The summed E-state index contributed by atoms with van der Waals surface area (Å²) < 4.78 is 0. The Morgan fingerprint density at radius 2 is 1.11 bits per heavy atom. The summed E-state index contributed by atoms with van der Waals surface area (Å²) in [7, 11) is 0. The van der Waals surface area contributed by atoms with Gasteiger partial charge in [0.05, 0.1) is 22.1 Å². The van der Waals surface area contributed by atoms with Gasteiger partial charge in [-0.25, -0.2) is 19.9 Å². The number of benzene rings is 2. The van der Waals surface area contributed by atoms with Gasteiger partial charge in [-0.15, -0.1) is 0 Å². The van der Waals surface area contributed by atoms with Gasteiger partial charge in [-0.1, -0.05) is 38.1 Å². The predicted octanol–water partition coefficient (Wildman–Crippen LogP) is 4.14. The van der Waals surface area contributed by atoms with Crippen LogP contribution in [0.1, 0.15) is 13.8 Å². The largest absolute Gasteiger partial charge is 0.324 e. The molecule has 0 aliphatic carbocycles. The minimum absolute atomic E-state index is 0.373. The van der Waals surface area contributed by atoms with Gasteiger partial charge in [-0.2, -0.15) is 4.98 Å². The second kappa shape index (κ2) is 7.70.